The van der Waals surface area contributed by atoms with Gasteiger partial charge in [0.2, 0.25) is 5.91 Å². The van der Waals surface area contributed by atoms with Gasteiger partial charge >= 0.3 is 0 Å². The average Bonchev–Trinajstić information content (AvgIpc) is 2.97. The van der Waals surface area contributed by atoms with Crippen molar-refractivity contribution in [1.82, 2.24) is 4.90 Å². The summed E-state index contributed by atoms with van der Waals surface area (Å²) in [6.07, 6.45) is 1.49. The van der Waals surface area contributed by atoms with Gasteiger partial charge in [-0.3, -0.25) is 9.59 Å². The van der Waals surface area contributed by atoms with E-state index < -0.39 is 6.04 Å². The molecule has 1 aliphatic rings. The molecular weight excluding hydrogens is 324 g/mol. The average molecular weight is 350 g/mol. The zero-order valence-electron chi connectivity index (χ0n) is 15.7. The van der Waals surface area contributed by atoms with Crippen molar-refractivity contribution < 1.29 is 9.59 Å². The van der Waals surface area contributed by atoms with Crippen LogP contribution < -0.4 is 5.32 Å². The minimum atomic E-state index is -0.472. The number of aryl methyl sites for hydroxylation is 1. The first-order valence-electron chi connectivity index (χ1n) is 9.29. The molecule has 0 fully saturated rings. The van der Waals surface area contributed by atoms with Gasteiger partial charge in [-0.05, 0) is 42.0 Å². The minimum Gasteiger partial charge on any atom is -0.324 e. The van der Waals surface area contributed by atoms with E-state index in [2.05, 4.69) is 26.1 Å². The maximum Gasteiger partial charge on any atom is 0.255 e. The Bertz CT molecular complexity index is 813. The molecule has 1 atom stereocenters. The first kappa shape index (κ1) is 18.2. The predicted molar refractivity (Wildman–Crippen MR) is 104 cm³/mol. The fourth-order valence-corrected chi connectivity index (χ4v) is 3.52. The molecule has 136 valence electrons. The Morgan fingerprint density at radius 2 is 1.81 bits per heavy atom. The number of anilines is 1. The molecule has 2 aromatic carbocycles. The van der Waals surface area contributed by atoms with Crippen LogP contribution in [-0.2, 0) is 17.8 Å². The Morgan fingerprint density at radius 1 is 1.12 bits per heavy atom. The monoisotopic (exact) mass is 350 g/mol. The van der Waals surface area contributed by atoms with Crippen molar-refractivity contribution in [2.45, 2.75) is 46.2 Å². The van der Waals surface area contributed by atoms with Gasteiger partial charge in [0.05, 0.1) is 0 Å². The smallest absolute Gasteiger partial charge is 0.255 e. The molecule has 0 saturated carbocycles. The first-order valence-corrected chi connectivity index (χ1v) is 9.29. The van der Waals surface area contributed by atoms with Crippen molar-refractivity contribution in [3.63, 3.8) is 0 Å². The molecule has 1 N–H and O–H groups in total. The van der Waals surface area contributed by atoms with Crippen molar-refractivity contribution in [1.29, 1.82) is 0 Å². The summed E-state index contributed by atoms with van der Waals surface area (Å²) in [5.74, 6) is 0.148. The highest BCUT2D eigenvalue weighted by atomic mass is 16.2. The van der Waals surface area contributed by atoms with Crippen LogP contribution in [-0.4, -0.2) is 22.8 Å². The second-order valence-electron chi connectivity index (χ2n) is 7.24. The second kappa shape index (κ2) is 7.73. The van der Waals surface area contributed by atoms with E-state index in [-0.39, 0.29) is 11.8 Å². The maximum atomic E-state index is 13.1. The van der Waals surface area contributed by atoms with Gasteiger partial charge in [-0.1, -0.05) is 57.2 Å². The number of hydrogen-bond donors (Lipinski definition) is 1. The number of amides is 2. The third kappa shape index (κ3) is 3.64. The summed E-state index contributed by atoms with van der Waals surface area (Å²) in [6, 6.07) is 15.0. The summed E-state index contributed by atoms with van der Waals surface area (Å²) >= 11 is 0. The van der Waals surface area contributed by atoms with Crippen LogP contribution in [0.4, 0.5) is 5.69 Å². The molecule has 0 radical (unpaired) electrons. The van der Waals surface area contributed by atoms with Crippen LogP contribution in [0.3, 0.4) is 0 Å². The van der Waals surface area contributed by atoms with Gasteiger partial charge < -0.3 is 10.2 Å². The van der Waals surface area contributed by atoms with Crippen molar-refractivity contribution in [2.75, 3.05) is 5.32 Å². The molecule has 0 bridgehead atoms. The molecule has 4 nitrogen and oxygen atoms in total. The van der Waals surface area contributed by atoms with Crippen LogP contribution in [0.25, 0.3) is 0 Å². The Labute approximate surface area is 155 Å². The fourth-order valence-electron chi connectivity index (χ4n) is 3.52. The van der Waals surface area contributed by atoms with Gasteiger partial charge in [-0.15, -0.1) is 0 Å². The van der Waals surface area contributed by atoms with Crippen LogP contribution >= 0.6 is 0 Å². The van der Waals surface area contributed by atoms with E-state index in [1.54, 1.807) is 4.90 Å². The number of carbonyl (C=O) groups excluding carboxylic acids is 2. The maximum absolute atomic E-state index is 13.1. The molecule has 0 aliphatic carbocycles. The predicted octanol–water partition coefficient (Wildman–Crippen LogP) is 4.26. The zero-order valence-corrected chi connectivity index (χ0v) is 15.7. The van der Waals surface area contributed by atoms with Crippen molar-refractivity contribution in [3.05, 3.63) is 65.2 Å². The van der Waals surface area contributed by atoms with Gasteiger partial charge in [-0.2, -0.15) is 0 Å². The van der Waals surface area contributed by atoms with Gasteiger partial charge in [0.15, 0.2) is 0 Å². The van der Waals surface area contributed by atoms with Crippen LogP contribution in [0.15, 0.2) is 48.5 Å². The molecule has 0 saturated heterocycles. The Kier molecular flexibility index (Phi) is 5.40. The van der Waals surface area contributed by atoms with Gasteiger partial charge in [0, 0.05) is 17.8 Å². The van der Waals surface area contributed by atoms with E-state index in [4.69, 9.17) is 0 Å². The van der Waals surface area contributed by atoms with Crippen LogP contribution in [0, 0.1) is 5.92 Å². The number of carbonyl (C=O) groups is 2. The highest BCUT2D eigenvalue weighted by Gasteiger charge is 2.36. The number of hydrogen-bond acceptors (Lipinski definition) is 2. The topological polar surface area (TPSA) is 49.4 Å². The second-order valence-corrected chi connectivity index (χ2v) is 7.24. The lowest BCUT2D eigenvalue weighted by molar-refractivity contribution is -0.121. The normalized spacial score (nSPS) is 14.5. The number of benzene rings is 2. The van der Waals surface area contributed by atoms with E-state index >= 15 is 0 Å². The van der Waals surface area contributed by atoms with Crippen molar-refractivity contribution in [3.8, 4) is 0 Å². The minimum absolute atomic E-state index is 0.0508. The Balaban J connectivity index is 1.85. The number of nitrogens with zero attached hydrogens (tertiary/aromatic N) is 1. The van der Waals surface area contributed by atoms with Gasteiger partial charge in [0.25, 0.3) is 5.91 Å². The third-order valence-electron chi connectivity index (χ3n) is 4.88. The molecule has 1 heterocycles. The standard InChI is InChI=1S/C22H26N2O2/c1-4-16-9-6-8-12-19(16)23-21(25)20(13-15(2)3)24-14-17-10-5-7-11-18(17)22(24)26/h5-12,15,20H,4,13-14H2,1-3H3,(H,23,25). The highest BCUT2D eigenvalue weighted by molar-refractivity contribution is 6.03. The molecule has 0 spiro atoms. The molecule has 2 amide bonds. The van der Waals surface area contributed by atoms with E-state index in [1.165, 1.54) is 0 Å². The molecule has 3 rings (SSSR count). The van der Waals surface area contributed by atoms with Gasteiger partial charge in [-0.25, -0.2) is 0 Å². The summed E-state index contributed by atoms with van der Waals surface area (Å²) in [7, 11) is 0. The van der Waals surface area contributed by atoms with Gasteiger partial charge in [0.1, 0.15) is 6.04 Å². The van der Waals surface area contributed by atoms with Crippen LogP contribution in [0.2, 0.25) is 0 Å². The van der Waals surface area contributed by atoms with Crippen molar-refractivity contribution in [2.24, 2.45) is 5.92 Å². The Hall–Kier alpha value is -2.62. The lowest BCUT2D eigenvalue weighted by Gasteiger charge is -2.28. The molecule has 26 heavy (non-hydrogen) atoms. The van der Waals surface area contributed by atoms with E-state index in [0.717, 1.165) is 23.2 Å². The fraction of sp³-hybridized carbons (Fsp3) is 0.364. The SMILES string of the molecule is CCc1ccccc1NC(=O)C(CC(C)C)N1Cc2ccccc2C1=O. The summed E-state index contributed by atoms with van der Waals surface area (Å²) in [5, 5.41) is 3.06. The molecule has 2 aromatic rings. The largest absolute Gasteiger partial charge is 0.324 e. The first-order chi connectivity index (χ1) is 12.5. The summed E-state index contributed by atoms with van der Waals surface area (Å²) in [6.45, 7) is 6.72. The number of para-hydroxylation sites is 1. The number of rotatable bonds is 6. The molecule has 4 heteroatoms. The molecular formula is C22H26N2O2. The summed E-state index contributed by atoms with van der Waals surface area (Å²) < 4.78 is 0. The van der Waals surface area contributed by atoms with E-state index in [9.17, 15) is 9.59 Å². The third-order valence-corrected chi connectivity index (χ3v) is 4.88. The van der Waals surface area contributed by atoms with Crippen LogP contribution in [0.5, 0.6) is 0 Å². The zero-order chi connectivity index (χ0) is 18.7. The van der Waals surface area contributed by atoms with E-state index in [0.29, 0.717) is 24.4 Å². The number of fused-ring (bicyclic) bond motifs is 1. The summed E-state index contributed by atoms with van der Waals surface area (Å²) in [5.41, 5.74) is 3.63. The summed E-state index contributed by atoms with van der Waals surface area (Å²) in [4.78, 5) is 27.7. The Morgan fingerprint density at radius 3 is 2.50 bits per heavy atom. The highest BCUT2D eigenvalue weighted by Crippen LogP contribution is 2.28. The lowest BCUT2D eigenvalue weighted by atomic mass is 10.0. The molecule has 1 aliphatic heterocycles. The van der Waals surface area contributed by atoms with Crippen LogP contribution in [0.1, 0.15) is 48.7 Å². The van der Waals surface area contributed by atoms with Crippen molar-refractivity contribution >= 4 is 17.5 Å². The number of nitrogens with one attached hydrogen (secondary N) is 1. The lowest BCUT2D eigenvalue weighted by Crippen LogP contribution is -2.45. The molecule has 0 aromatic heterocycles. The quantitative estimate of drug-likeness (QED) is 0.846. The molecule has 1 unspecified atom stereocenters. The van der Waals surface area contributed by atoms with E-state index in [1.807, 2.05) is 48.5 Å².